The lowest BCUT2D eigenvalue weighted by atomic mass is 10.1. The van der Waals surface area contributed by atoms with E-state index in [1.54, 1.807) is 36.4 Å². The van der Waals surface area contributed by atoms with Gasteiger partial charge in [0, 0.05) is 11.6 Å². The first-order chi connectivity index (χ1) is 18.6. The molecule has 0 heterocycles. The van der Waals surface area contributed by atoms with Crippen LogP contribution >= 0.6 is 0 Å². The summed E-state index contributed by atoms with van der Waals surface area (Å²) < 4.78 is 61.2. The van der Waals surface area contributed by atoms with Crippen molar-refractivity contribution < 1.29 is 41.8 Å². The van der Waals surface area contributed by atoms with Crippen LogP contribution in [-0.2, 0) is 10.0 Å². The van der Waals surface area contributed by atoms with E-state index >= 15 is 0 Å². The van der Waals surface area contributed by atoms with E-state index < -0.39 is 20.6 Å². The highest BCUT2D eigenvalue weighted by Gasteiger charge is 2.25. The fourth-order valence-electron chi connectivity index (χ4n) is 3.74. The molecular formula is C26H28N2O10S. The molecule has 0 aromatic heterocycles. The van der Waals surface area contributed by atoms with Gasteiger partial charge in [-0.2, -0.15) is 0 Å². The number of sulfonamides is 1. The monoisotopic (exact) mass is 560 g/mol. The summed E-state index contributed by atoms with van der Waals surface area (Å²) in [5, 5.41) is 11.4. The van der Waals surface area contributed by atoms with E-state index in [0.717, 1.165) is 6.07 Å². The minimum atomic E-state index is -4.32. The number of nitro groups is 1. The van der Waals surface area contributed by atoms with Crippen LogP contribution in [0.2, 0.25) is 0 Å². The predicted molar refractivity (Wildman–Crippen MR) is 145 cm³/mol. The number of hydrogen-bond donors (Lipinski definition) is 1. The van der Waals surface area contributed by atoms with Crippen molar-refractivity contribution >= 4 is 33.6 Å². The molecule has 1 N–H and O–H groups in total. The fourth-order valence-corrected chi connectivity index (χ4v) is 4.85. The highest BCUT2D eigenvalue weighted by atomic mass is 32.2. The molecule has 0 fully saturated rings. The summed E-state index contributed by atoms with van der Waals surface area (Å²) in [6, 6.07) is 10.0. The molecular weight excluding hydrogens is 532 g/mol. The van der Waals surface area contributed by atoms with Gasteiger partial charge >= 0.3 is 5.69 Å². The Morgan fingerprint density at radius 3 is 1.79 bits per heavy atom. The van der Waals surface area contributed by atoms with Crippen LogP contribution < -0.4 is 33.1 Å². The molecule has 0 bridgehead atoms. The van der Waals surface area contributed by atoms with E-state index in [-0.39, 0.29) is 27.8 Å². The minimum absolute atomic E-state index is 0.0546. The molecule has 0 spiro atoms. The number of nitrogens with zero attached hydrogens (tertiary/aromatic N) is 1. The first-order valence-corrected chi connectivity index (χ1v) is 12.7. The van der Waals surface area contributed by atoms with E-state index in [1.165, 1.54) is 54.8 Å². The van der Waals surface area contributed by atoms with E-state index in [2.05, 4.69) is 4.72 Å². The molecule has 0 aliphatic heterocycles. The van der Waals surface area contributed by atoms with E-state index in [4.69, 9.17) is 28.4 Å². The van der Waals surface area contributed by atoms with Gasteiger partial charge < -0.3 is 28.4 Å². The number of benzene rings is 3. The van der Waals surface area contributed by atoms with Crippen molar-refractivity contribution in [3.05, 3.63) is 63.7 Å². The largest absolute Gasteiger partial charge is 0.493 e. The van der Waals surface area contributed by atoms with Crippen LogP contribution in [0.15, 0.2) is 47.4 Å². The van der Waals surface area contributed by atoms with Gasteiger partial charge in [0.25, 0.3) is 10.0 Å². The lowest BCUT2D eigenvalue weighted by Crippen LogP contribution is -2.15. The van der Waals surface area contributed by atoms with Gasteiger partial charge in [0.05, 0.1) is 52.5 Å². The maximum absolute atomic E-state index is 13.4. The van der Waals surface area contributed by atoms with Crippen molar-refractivity contribution in [2.24, 2.45) is 0 Å². The lowest BCUT2D eigenvalue weighted by Gasteiger charge is -2.17. The number of methoxy groups -OCH3 is 6. The summed E-state index contributed by atoms with van der Waals surface area (Å²) in [5.74, 6) is 1.59. The van der Waals surface area contributed by atoms with Gasteiger partial charge in [-0.05, 0) is 42.0 Å². The summed E-state index contributed by atoms with van der Waals surface area (Å²) in [6.07, 6.45) is 3.36. The second kappa shape index (κ2) is 12.3. The van der Waals surface area contributed by atoms with Crippen molar-refractivity contribution in [3.63, 3.8) is 0 Å². The van der Waals surface area contributed by atoms with E-state index in [9.17, 15) is 18.5 Å². The molecule has 0 amide bonds. The van der Waals surface area contributed by atoms with Crippen molar-refractivity contribution in [2.75, 3.05) is 47.4 Å². The van der Waals surface area contributed by atoms with Crippen molar-refractivity contribution in [2.45, 2.75) is 4.90 Å². The Kier molecular flexibility index (Phi) is 9.09. The molecule has 208 valence electrons. The van der Waals surface area contributed by atoms with Gasteiger partial charge in [-0.1, -0.05) is 12.2 Å². The number of nitro benzene ring substituents is 1. The smallest absolute Gasteiger partial charge is 0.312 e. The zero-order chi connectivity index (χ0) is 28.7. The molecule has 3 aromatic rings. The van der Waals surface area contributed by atoms with Crippen molar-refractivity contribution in [3.8, 4) is 34.5 Å². The standard InChI is InChI=1S/C26H28N2O10S/c1-33-20-12-10-18(15-19(20)28(29)30)39(31,32)27-24-17(9-11-21(34-2)26(24)38-6)8-7-16-13-22(35-3)25(37-5)23(14-16)36-4/h7-15,27H,1-6H3. The second-order valence-corrected chi connectivity index (χ2v) is 9.44. The first kappa shape index (κ1) is 28.9. The Morgan fingerprint density at radius 2 is 1.28 bits per heavy atom. The molecule has 0 aliphatic carbocycles. The van der Waals surface area contributed by atoms with Crippen LogP contribution in [0.1, 0.15) is 11.1 Å². The molecule has 0 radical (unpaired) electrons. The topological polar surface area (TPSA) is 145 Å². The van der Waals surface area contributed by atoms with Gasteiger partial charge in [-0.25, -0.2) is 8.42 Å². The van der Waals surface area contributed by atoms with Crippen LogP contribution in [0.5, 0.6) is 34.5 Å². The third kappa shape index (κ3) is 6.09. The number of rotatable bonds is 12. The molecule has 0 unspecified atom stereocenters. The highest BCUT2D eigenvalue weighted by molar-refractivity contribution is 7.92. The highest BCUT2D eigenvalue weighted by Crippen LogP contribution is 2.42. The van der Waals surface area contributed by atoms with Gasteiger partial charge in [-0.3, -0.25) is 14.8 Å². The van der Waals surface area contributed by atoms with Crippen LogP contribution in [0.3, 0.4) is 0 Å². The predicted octanol–water partition coefficient (Wildman–Crippen LogP) is 4.62. The Morgan fingerprint density at radius 1 is 0.718 bits per heavy atom. The molecule has 13 heteroatoms. The maximum atomic E-state index is 13.4. The number of ether oxygens (including phenoxy) is 6. The first-order valence-electron chi connectivity index (χ1n) is 11.2. The molecule has 0 atom stereocenters. The molecule has 39 heavy (non-hydrogen) atoms. The SMILES string of the molecule is COc1ccc(S(=O)(=O)Nc2c(C=Cc3cc(OC)c(OC)c(OC)c3)ccc(OC)c2OC)cc1[N+](=O)[O-]. The summed E-state index contributed by atoms with van der Waals surface area (Å²) in [4.78, 5) is 10.4. The van der Waals surface area contributed by atoms with Crippen molar-refractivity contribution in [1.29, 1.82) is 0 Å². The van der Waals surface area contributed by atoms with Crippen LogP contribution in [0.4, 0.5) is 11.4 Å². The Labute approximate surface area is 225 Å². The fraction of sp³-hybridized carbons (Fsp3) is 0.231. The van der Waals surface area contributed by atoms with Gasteiger partial charge in [0.15, 0.2) is 28.7 Å². The third-order valence-electron chi connectivity index (χ3n) is 5.61. The Hall–Kier alpha value is -4.65. The average molecular weight is 561 g/mol. The average Bonchev–Trinajstić information content (AvgIpc) is 2.94. The number of anilines is 1. The summed E-state index contributed by atoms with van der Waals surface area (Å²) >= 11 is 0. The molecule has 12 nitrogen and oxygen atoms in total. The Balaban J connectivity index is 2.13. The molecule has 0 saturated heterocycles. The maximum Gasteiger partial charge on any atom is 0.312 e. The zero-order valence-corrected chi connectivity index (χ0v) is 23.0. The zero-order valence-electron chi connectivity index (χ0n) is 22.1. The molecule has 3 rings (SSSR count). The number of hydrogen-bond acceptors (Lipinski definition) is 10. The minimum Gasteiger partial charge on any atom is -0.493 e. The van der Waals surface area contributed by atoms with Crippen LogP contribution in [-0.4, -0.2) is 56.0 Å². The van der Waals surface area contributed by atoms with E-state index in [0.29, 0.717) is 28.4 Å². The quantitative estimate of drug-likeness (QED) is 0.189. The second-order valence-electron chi connectivity index (χ2n) is 7.75. The summed E-state index contributed by atoms with van der Waals surface area (Å²) in [5.41, 5.74) is 0.631. The molecule has 3 aromatic carbocycles. The van der Waals surface area contributed by atoms with Gasteiger partial charge in [0.1, 0.15) is 5.69 Å². The van der Waals surface area contributed by atoms with E-state index in [1.807, 2.05) is 0 Å². The van der Waals surface area contributed by atoms with Crippen LogP contribution in [0, 0.1) is 10.1 Å². The Bertz CT molecular complexity index is 1480. The van der Waals surface area contributed by atoms with Crippen LogP contribution in [0.25, 0.3) is 12.2 Å². The molecule has 0 saturated carbocycles. The third-order valence-corrected chi connectivity index (χ3v) is 6.96. The lowest BCUT2D eigenvalue weighted by molar-refractivity contribution is -0.386. The summed E-state index contributed by atoms with van der Waals surface area (Å²) in [7, 11) is 4.19. The van der Waals surface area contributed by atoms with Gasteiger partial charge in [0.2, 0.25) is 5.75 Å². The normalized spacial score (nSPS) is 11.1. The molecule has 0 aliphatic rings. The number of nitrogens with one attached hydrogen (secondary N) is 1. The van der Waals surface area contributed by atoms with Crippen molar-refractivity contribution in [1.82, 2.24) is 0 Å². The van der Waals surface area contributed by atoms with Gasteiger partial charge in [-0.15, -0.1) is 0 Å². The summed E-state index contributed by atoms with van der Waals surface area (Å²) in [6.45, 7) is 0.